The smallest absolute Gasteiger partial charge is 0.221 e. The maximum Gasteiger partial charge on any atom is 0.221 e. The number of hydrogen-bond acceptors (Lipinski definition) is 3. The molecule has 0 aliphatic rings. The van der Waals surface area contributed by atoms with Crippen molar-refractivity contribution in [3.05, 3.63) is 0 Å². The molecule has 0 saturated heterocycles. The third-order valence-electron chi connectivity index (χ3n) is 2.05. The first-order valence-corrected chi connectivity index (χ1v) is 5.38. The molecule has 5 nitrogen and oxygen atoms in total. The van der Waals surface area contributed by atoms with Gasteiger partial charge in [0.05, 0.1) is 0 Å². The van der Waals surface area contributed by atoms with Crippen LogP contribution >= 0.6 is 0 Å². The van der Waals surface area contributed by atoms with Crippen LogP contribution in [0.1, 0.15) is 32.1 Å². The van der Waals surface area contributed by atoms with E-state index in [9.17, 15) is 9.59 Å². The van der Waals surface area contributed by atoms with E-state index in [-0.39, 0.29) is 11.8 Å². The number of unbranched alkanes of at least 4 members (excludes halogenated alkanes) is 2. The van der Waals surface area contributed by atoms with Crippen LogP contribution in [0.3, 0.4) is 0 Å². The Balaban J connectivity index is 3.18. The van der Waals surface area contributed by atoms with Crippen LogP contribution < -0.4 is 16.4 Å². The second kappa shape index (κ2) is 9.45. The van der Waals surface area contributed by atoms with Gasteiger partial charge < -0.3 is 16.4 Å². The van der Waals surface area contributed by atoms with Gasteiger partial charge in [0.15, 0.2) is 0 Å². The lowest BCUT2D eigenvalue weighted by atomic mass is 10.2. The SMILES string of the molecule is CNC(=O)CCCCCNC(=O)CCN. The van der Waals surface area contributed by atoms with Crippen molar-refractivity contribution in [2.24, 2.45) is 5.73 Å². The molecule has 88 valence electrons. The fourth-order valence-electron chi connectivity index (χ4n) is 1.16. The molecule has 0 aliphatic carbocycles. The zero-order valence-corrected chi connectivity index (χ0v) is 9.34. The summed E-state index contributed by atoms with van der Waals surface area (Å²) in [6, 6.07) is 0. The van der Waals surface area contributed by atoms with Crippen molar-refractivity contribution in [2.45, 2.75) is 32.1 Å². The van der Waals surface area contributed by atoms with Gasteiger partial charge in [-0.25, -0.2) is 0 Å². The number of hydrogen-bond donors (Lipinski definition) is 3. The van der Waals surface area contributed by atoms with Crippen LogP contribution in [0.4, 0.5) is 0 Å². The van der Waals surface area contributed by atoms with Crippen molar-refractivity contribution in [2.75, 3.05) is 20.1 Å². The van der Waals surface area contributed by atoms with E-state index < -0.39 is 0 Å². The summed E-state index contributed by atoms with van der Waals surface area (Å²) in [6.07, 6.45) is 3.68. The number of nitrogens with one attached hydrogen (secondary N) is 2. The zero-order valence-electron chi connectivity index (χ0n) is 9.34. The molecule has 0 unspecified atom stereocenters. The van der Waals surface area contributed by atoms with Crippen molar-refractivity contribution in [3.63, 3.8) is 0 Å². The summed E-state index contributed by atoms with van der Waals surface area (Å²) in [5, 5.41) is 5.33. The van der Waals surface area contributed by atoms with E-state index in [2.05, 4.69) is 10.6 Å². The van der Waals surface area contributed by atoms with Gasteiger partial charge in [-0.1, -0.05) is 6.42 Å². The number of carbonyl (C=O) groups excluding carboxylic acids is 2. The van der Waals surface area contributed by atoms with Crippen molar-refractivity contribution in [1.82, 2.24) is 10.6 Å². The standard InChI is InChI=1S/C10H21N3O2/c1-12-9(14)5-3-2-4-8-13-10(15)6-7-11/h2-8,11H2,1H3,(H,12,14)(H,13,15). The van der Waals surface area contributed by atoms with Crippen molar-refractivity contribution in [1.29, 1.82) is 0 Å². The lowest BCUT2D eigenvalue weighted by Gasteiger charge is -2.03. The molecule has 0 aromatic heterocycles. The van der Waals surface area contributed by atoms with Crippen LogP contribution in [-0.2, 0) is 9.59 Å². The number of carbonyl (C=O) groups is 2. The minimum absolute atomic E-state index is 0.00352. The van der Waals surface area contributed by atoms with Crippen molar-refractivity contribution in [3.8, 4) is 0 Å². The molecule has 0 radical (unpaired) electrons. The molecule has 15 heavy (non-hydrogen) atoms. The van der Waals surface area contributed by atoms with Crippen LogP contribution in [-0.4, -0.2) is 32.0 Å². The van der Waals surface area contributed by atoms with E-state index in [1.54, 1.807) is 7.05 Å². The van der Waals surface area contributed by atoms with Crippen molar-refractivity contribution < 1.29 is 9.59 Å². The molecule has 0 heterocycles. The second-order valence-electron chi connectivity index (χ2n) is 3.37. The molecule has 0 saturated carbocycles. The summed E-state index contributed by atoms with van der Waals surface area (Å²) in [5.41, 5.74) is 5.22. The average Bonchev–Trinajstić information content (AvgIpc) is 2.23. The van der Waals surface area contributed by atoms with Gasteiger partial charge in [-0.2, -0.15) is 0 Å². The van der Waals surface area contributed by atoms with Gasteiger partial charge in [0.2, 0.25) is 11.8 Å². The maximum absolute atomic E-state index is 11.0. The number of rotatable bonds is 8. The summed E-state index contributed by atoms with van der Waals surface area (Å²) in [7, 11) is 1.63. The number of amides is 2. The molecular formula is C10H21N3O2. The first-order valence-electron chi connectivity index (χ1n) is 5.38. The molecule has 0 bridgehead atoms. The fraction of sp³-hybridized carbons (Fsp3) is 0.800. The van der Waals surface area contributed by atoms with Gasteiger partial charge in [-0.3, -0.25) is 9.59 Å². The van der Waals surface area contributed by atoms with E-state index in [4.69, 9.17) is 5.73 Å². The average molecular weight is 215 g/mol. The normalized spacial score (nSPS) is 9.73. The molecule has 0 aromatic rings. The van der Waals surface area contributed by atoms with Gasteiger partial charge in [0.1, 0.15) is 0 Å². The summed E-state index contributed by atoms with van der Waals surface area (Å²) in [6.45, 7) is 1.06. The first-order chi connectivity index (χ1) is 7.20. The molecule has 0 aromatic carbocycles. The molecule has 0 spiro atoms. The lowest BCUT2D eigenvalue weighted by Crippen LogP contribution is -2.26. The molecular weight excluding hydrogens is 194 g/mol. The Bertz CT molecular complexity index is 195. The van der Waals surface area contributed by atoms with Crippen LogP contribution in [0.15, 0.2) is 0 Å². The third-order valence-corrected chi connectivity index (χ3v) is 2.05. The molecule has 0 fully saturated rings. The second-order valence-corrected chi connectivity index (χ2v) is 3.37. The van der Waals surface area contributed by atoms with Gasteiger partial charge in [-0.05, 0) is 12.8 Å². The number of nitrogens with two attached hydrogens (primary N) is 1. The summed E-state index contributed by atoms with van der Waals surface area (Å²) < 4.78 is 0. The topological polar surface area (TPSA) is 84.2 Å². The Morgan fingerprint density at radius 3 is 2.40 bits per heavy atom. The Labute approximate surface area is 90.8 Å². The van der Waals surface area contributed by atoms with Crippen molar-refractivity contribution >= 4 is 11.8 Å². The van der Waals surface area contributed by atoms with Crippen LogP contribution in [0, 0.1) is 0 Å². The predicted molar refractivity (Wildman–Crippen MR) is 59.2 cm³/mol. The lowest BCUT2D eigenvalue weighted by molar-refractivity contribution is -0.121. The van der Waals surface area contributed by atoms with E-state index in [1.165, 1.54) is 0 Å². The predicted octanol–water partition coefficient (Wildman–Crippen LogP) is -0.242. The fourth-order valence-corrected chi connectivity index (χ4v) is 1.16. The highest BCUT2D eigenvalue weighted by atomic mass is 16.2. The Morgan fingerprint density at radius 1 is 1.07 bits per heavy atom. The molecule has 0 rings (SSSR count). The minimum atomic E-state index is 0.00352. The Morgan fingerprint density at radius 2 is 1.80 bits per heavy atom. The molecule has 0 atom stereocenters. The van der Waals surface area contributed by atoms with E-state index >= 15 is 0 Å². The summed E-state index contributed by atoms with van der Waals surface area (Å²) >= 11 is 0. The highest BCUT2D eigenvalue weighted by Gasteiger charge is 1.99. The van der Waals surface area contributed by atoms with E-state index in [0.717, 1.165) is 19.3 Å². The quantitative estimate of drug-likeness (QED) is 0.488. The Kier molecular flexibility index (Phi) is 8.76. The van der Waals surface area contributed by atoms with Gasteiger partial charge >= 0.3 is 0 Å². The molecule has 0 aliphatic heterocycles. The van der Waals surface area contributed by atoms with Gasteiger partial charge in [0.25, 0.3) is 0 Å². The van der Waals surface area contributed by atoms with E-state index in [0.29, 0.717) is 25.9 Å². The Hall–Kier alpha value is -1.10. The molecule has 5 heteroatoms. The van der Waals surface area contributed by atoms with Crippen LogP contribution in [0.2, 0.25) is 0 Å². The minimum Gasteiger partial charge on any atom is -0.359 e. The largest absolute Gasteiger partial charge is 0.359 e. The molecule has 2 amide bonds. The van der Waals surface area contributed by atoms with Gasteiger partial charge in [-0.15, -0.1) is 0 Å². The molecule has 4 N–H and O–H groups in total. The highest BCUT2D eigenvalue weighted by molar-refractivity contribution is 5.76. The maximum atomic E-state index is 11.0. The summed E-state index contributed by atoms with van der Waals surface area (Å²) in [5.74, 6) is 0.0750. The first kappa shape index (κ1) is 13.9. The highest BCUT2D eigenvalue weighted by Crippen LogP contribution is 1.98. The third kappa shape index (κ3) is 9.21. The monoisotopic (exact) mass is 215 g/mol. The summed E-state index contributed by atoms with van der Waals surface area (Å²) in [4.78, 5) is 21.8. The zero-order chi connectivity index (χ0) is 11.5. The van der Waals surface area contributed by atoms with Crippen LogP contribution in [0.25, 0.3) is 0 Å². The van der Waals surface area contributed by atoms with E-state index in [1.807, 2.05) is 0 Å². The van der Waals surface area contributed by atoms with Crippen LogP contribution in [0.5, 0.6) is 0 Å². The van der Waals surface area contributed by atoms with Gasteiger partial charge in [0, 0.05) is 33.0 Å².